The molecule has 0 bridgehead atoms. The van der Waals surface area contributed by atoms with Gasteiger partial charge in [0.15, 0.2) is 0 Å². The van der Waals surface area contributed by atoms with Crippen molar-refractivity contribution in [2.75, 3.05) is 33.4 Å². The Labute approximate surface area is 144 Å². The molecular weight excluding hydrogens is 330 g/mol. The Bertz CT molecular complexity index is 656. The third-order valence-corrected chi connectivity index (χ3v) is 5.02. The first-order chi connectivity index (χ1) is 12.2. The van der Waals surface area contributed by atoms with Gasteiger partial charge < -0.3 is 18.9 Å². The lowest BCUT2D eigenvalue weighted by Crippen LogP contribution is -2.45. The maximum atomic E-state index is 12.5. The number of hydrogen-bond acceptors (Lipinski definition) is 7. The number of carbonyl (C=O) groups is 2. The molecule has 0 saturated carbocycles. The minimum absolute atomic E-state index is 0.107. The normalized spacial score (nSPS) is 28.9. The van der Waals surface area contributed by atoms with Crippen molar-refractivity contribution in [1.82, 2.24) is 15.1 Å². The van der Waals surface area contributed by atoms with Gasteiger partial charge in [-0.2, -0.15) is 0 Å². The summed E-state index contributed by atoms with van der Waals surface area (Å²) < 4.78 is 15.9. The smallest absolute Gasteiger partial charge is 0.292 e. The molecule has 25 heavy (non-hydrogen) atoms. The highest BCUT2D eigenvalue weighted by Crippen LogP contribution is 2.35. The Morgan fingerprint density at radius 1 is 1.36 bits per heavy atom. The predicted molar refractivity (Wildman–Crippen MR) is 82.6 cm³/mol. The number of carbonyl (C=O) groups excluding carboxylic acids is 2. The van der Waals surface area contributed by atoms with Crippen LogP contribution in [-0.2, 0) is 14.4 Å². The van der Waals surface area contributed by atoms with Crippen molar-refractivity contribution in [3.63, 3.8) is 0 Å². The van der Waals surface area contributed by atoms with Crippen LogP contribution in [0.15, 0.2) is 10.6 Å². The van der Waals surface area contributed by atoms with Crippen molar-refractivity contribution in [3.05, 3.63) is 11.8 Å². The minimum atomic E-state index is -0.478. The molecule has 1 aromatic rings. The van der Waals surface area contributed by atoms with Gasteiger partial charge in [0.1, 0.15) is 6.10 Å². The van der Waals surface area contributed by atoms with Gasteiger partial charge in [-0.3, -0.25) is 14.4 Å². The molecule has 0 aromatic carbocycles. The van der Waals surface area contributed by atoms with E-state index >= 15 is 0 Å². The van der Waals surface area contributed by atoms with Crippen molar-refractivity contribution >= 4 is 11.8 Å². The first-order valence-corrected chi connectivity index (χ1v) is 8.55. The van der Waals surface area contributed by atoms with E-state index in [1.165, 1.54) is 18.2 Å². The van der Waals surface area contributed by atoms with E-state index in [0.717, 1.165) is 12.8 Å². The Balaban J connectivity index is 1.38. The Morgan fingerprint density at radius 2 is 2.24 bits per heavy atom. The van der Waals surface area contributed by atoms with Crippen LogP contribution in [0.5, 0.6) is 5.88 Å². The molecule has 0 N–H and O–H groups in total. The Kier molecular flexibility index (Phi) is 4.34. The van der Waals surface area contributed by atoms with E-state index in [1.807, 2.05) is 0 Å². The zero-order valence-corrected chi connectivity index (χ0v) is 14.1. The summed E-state index contributed by atoms with van der Waals surface area (Å²) in [6.07, 6.45) is 1.72. The van der Waals surface area contributed by atoms with E-state index < -0.39 is 6.10 Å². The third-order valence-electron chi connectivity index (χ3n) is 5.02. The third kappa shape index (κ3) is 3.09. The highest BCUT2D eigenvalue weighted by atomic mass is 16.7. The minimum Gasteiger partial charge on any atom is -0.479 e. The molecule has 3 atom stereocenters. The molecule has 3 aliphatic rings. The lowest BCUT2D eigenvalue weighted by atomic mass is 9.91. The first kappa shape index (κ1) is 16.3. The van der Waals surface area contributed by atoms with Gasteiger partial charge in [-0.05, 0) is 30.3 Å². The summed E-state index contributed by atoms with van der Waals surface area (Å²) in [5, 5.41) is 5.06. The fourth-order valence-electron chi connectivity index (χ4n) is 3.67. The van der Waals surface area contributed by atoms with Crippen LogP contribution in [0.1, 0.15) is 29.8 Å². The van der Waals surface area contributed by atoms with Crippen LogP contribution in [0.2, 0.25) is 0 Å². The lowest BCUT2D eigenvalue weighted by Gasteiger charge is -2.33. The summed E-state index contributed by atoms with van der Waals surface area (Å²) in [5.74, 6) is 0.350. The summed E-state index contributed by atoms with van der Waals surface area (Å²) in [6, 6.07) is 1.47. The SMILES string of the molecule is COc1cc(C(=O)N2CC[C@H]3C[C@H](C(=O)N4CCCO4)O[C@@H]3C2)on1. The number of amides is 2. The average Bonchev–Trinajstić information content (AvgIpc) is 3.39. The number of methoxy groups -OCH3 is 1. The number of hydroxylamine groups is 2. The first-order valence-electron chi connectivity index (χ1n) is 8.55. The molecule has 0 unspecified atom stereocenters. The Morgan fingerprint density at radius 3 is 2.96 bits per heavy atom. The molecule has 3 aliphatic heterocycles. The lowest BCUT2D eigenvalue weighted by molar-refractivity contribution is -0.180. The summed E-state index contributed by atoms with van der Waals surface area (Å²) in [7, 11) is 1.46. The van der Waals surface area contributed by atoms with Gasteiger partial charge in [-0.25, -0.2) is 5.06 Å². The molecule has 4 rings (SSSR count). The molecule has 9 nitrogen and oxygen atoms in total. The molecule has 136 valence electrons. The maximum Gasteiger partial charge on any atom is 0.292 e. The predicted octanol–water partition coefficient (Wildman–Crippen LogP) is 0.467. The number of nitrogens with zero attached hydrogens (tertiary/aromatic N) is 3. The second kappa shape index (κ2) is 6.64. The van der Waals surface area contributed by atoms with Gasteiger partial charge >= 0.3 is 0 Å². The van der Waals surface area contributed by atoms with Crippen LogP contribution in [0, 0.1) is 5.92 Å². The largest absolute Gasteiger partial charge is 0.479 e. The van der Waals surface area contributed by atoms with Crippen molar-refractivity contribution in [1.29, 1.82) is 0 Å². The number of fused-ring (bicyclic) bond motifs is 1. The monoisotopic (exact) mass is 351 g/mol. The van der Waals surface area contributed by atoms with Crippen LogP contribution in [0.3, 0.4) is 0 Å². The van der Waals surface area contributed by atoms with Gasteiger partial charge in [-0.1, -0.05) is 0 Å². The molecule has 9 heteroatoms. The van der Waals surface area contributed by atoms with E-state index in [4.69, 9.17) is 18.8 Å². The quantitative estimate of drug-likeness (QED) is 0.781. The molecule has 0 spiro atoms. The van der Waals surface area contributed by atoms with Crippen molar-refractivity contribution < 1.29 is 28.4 Å². The van der Waals surface area contributed by atoms with Crippen molar-refractivity contribution in [2.45, 2.75) is 31.5 Å². The zero-order valence-electron chi connectivity index (χ0n) is 14.1. The second-order valence-corrected chi connectivity index (χ2v) is 6.56. The van der Waals surface area contributed by atoms with Crippen LogP contribution in [-0.4, -0.2) is 72.5 Å². The van der Waals surface area contributed by atoms with Crippen LogP contribution >= 0.6 is 0 Å². The Hall–Kier alpha value is -2.13. The molecule has 3 saturated heterocycles. The molecule has 1 aromatic heterocycles. The second-order valence-electron chi connectivity index (χ2n) is 6.56. The van der Waals surface area contributed by atoms with E-state index in [-0.39, 0.29) is 35.5 Å². The van der Waals surface area contributed by atoms with Gasteiger partial charge in [0.05, 0.1) is 32.4 Å². The molecule has 0 radical (unpaired) electrons. The fraction of sp³-hybridized carbons (Fsp3) is 0.688. The summed E-state index contributed by atoms with van der Waals surface area (Å²) in [5.41, 5.74) is 0. The number of ether oxygens (including phenoxy) is 2. The number of piperidine rings is 1. The summed E-state index contributed by atoms with van der Waals surface area (Å²) in [4.78, 5) is 31.9. The van der Waals surface area contributed by atoms with Crippen LogP contribution in [0.4, 0.5) is 0 Å². The summed E-state index contributed by atoms with van der Waals surface area (Å²) >= 11 is 0. The fourth-order valence-corrected chi connectivity index (χ4v) is 3.67. The zero-order chi connectivity index (χ0) is 17.4. The number of hydrogen-bond donors (Lipinski definition) is 0. The van der Waals surface area contributed by atoms with Crippen molar-refractivity contribution in [2.24, 2.45) is 5.92 Å². The molecule has 3 fully saturated rings. The average molecular weight is 351 g/mol. The molecular formula is C16H21N3O6. The van der Waals surface area contributed by atoms with E-state index in [0.29, 0.717) is 32.7 Å². The molecule has 4 heterocycles. The van der Waals surface area contributed by atoms with Gasteiger partial charge in [0.25, 0.3) is 17.7 Å². The van der Waals surface area contributed by atoms with Crippen LogP contribution < -0.4 is 4.74 Å². The highest BCUT2D eigenvalue weighted by Gasteiger charge is 2.44. The van der Waals surface area contributed by atoms with Crippen molar-refractivity contribution in [3.8, 4) is 5.88 Å². The van der Waals surface area contributed by atoms with Gasteiger partial charge in [0.2, 0.25) is 5.76 Å². The van der Waals surface area contributed by atoms with Gasteiger partial charge in [0, 0.05) is 13.1 Å². The number of aromatic nitrogens is 1. The topological polar surface area (TPSA) is 94.3 Å². The van der Waals surface area contributed by atoms with Gasteiger partial charge in [-0.15, -0.1) is 0 Å². The van der Waals surface area contributed by atoms with E-state index in [9.17, 15) is 9.59 Å². The summed E-state index contributed by atoms with van der Waals surface area (Å²) in [6.45, 7) is 2.24. The highest BCUT2D eigenvalue weighted by molar-refractivity contribution is 5.91. The van der Waals surface area contributed by atoms with E-state index in [1.54, 1.807) is 4.90 Å². The maximum absolute atomic E-state index is 12.5. The molecule has 0 aliphatic carbocycles. The number of rotatable bonds is 3. The molecule has 2 amide bonds. The van der Waals surface area contributed by atoms with E-state index in [2.05, 4.69) is 5.16 Å². The standard InChI is InChI=1S/C16H21N3O6/c1-22-14-8-12(25-17-14)15(20)18-5-3-10-7-11(24-13(10)9-18)16(21)19-4-2-6-23-19/h8,10-11,13H,2-7,9H2,1H3/t10-,11+,13+/m0/s1. The van der Waals surface area contributed by atoms with Crippen LogP contribution in [0.25, 0.3) is 0 Å². The number of likely N-dealkylation sites (tertiary alicyclic amines) is 1.